The van der Waals surface area contributed by atoms with E-state index in [4.69, 9.17) is 4.74 Å². The van der Waals surface area contributed by atoms with Gasteiger partial charge in [0.2, 0.25) is 0 Å². The average molecular weight is 371 g/mol. The zero-order chi connectivity index (χ0) is 19.1. The summed E-state index contributed by atoms with van der Waals surface area (Å²) in [4.78, 5) is 25.8. The number of benzene rings is 1. The van der Waals surface area contributed by atoms with E-state index in [0.29, 0.717) is 18.8 Å². The number of aliphatic carboxylic acids is 1. The van der Waals surface area contributed by atoms with Crippen molar-refractivity contribution in [3.63, 3.8) is 0 Å². The van der Waals surface area contributed by atoms with Gasteiger partial charge < -0.3 is 9.84 Å². The average Bonchev–Trinajstić information content (AvgIpc) is 2.96. The number of nitrogens with zero attached hydrogens (tertiary/aromatic N) is 1. The highest BCUT2D eigenvalue weighted by atomic mass is 19.4. The molecule has 0 aromatic heterocycles. The summed E-state index contributed by atoms with van der Waals surface area (Å²) in [7, 11) is 0. The molecule has 1 aromatic carbocycles. The van der Waals surface area contributed by atoms with Crippen LogP contribution in [0.5, 0.6) is 0 Å². The highest BCUT2D eigenvalue weighted by Gasteiger charge is 2.53. The van der Waals surface area contributed by atoms with Crippen molar-refractivity contribution >= 4 is 11.9 Å². The molecule has 1 saturated heterocycles. The predicted molar refractivity (Wildman–Crippen MR) is 85.4 cm³/mol. The van der Waals surface area contributed by atoms with E-state index >= 15 is 0 Å². The summed E-state index contributed by atoms with van der Waals surface area (Å²) >= 11 is 0. The van der Waals surface area contributed by atoms with E-state index in [1.54, 1.807) is 0 Å². The van der Waals surface area contributed by atoms with Crippen molar-refractivity contribution in [2.45, 2.75) is 50.6 Å². The molecule has 1 aromatic rings. The lowest BCUT2D eigenvalue weighted by molar-refractivity contribution is -0.143. The van der Waals surface area contributed by atoms with E-state index in [9.17, 15) is 27.9 Å². The van der Waals surface area contributed by atoms with Gasteiger partial charge in [-0.15, -0.1) is 0 Å². The fraction of sp³-hybridized carbons (Fsp3) is 0.556. The molecule has 142 valence electrons. The van der Waals surface area contributed by atoms with Crippen LogP contribution in [0.3, 0.4) is 0 Å². The molecule has 1 N–H and O–H groups in total. The fourth-order valence-corrected chi connectivity index (χ4v) is 3.71. The molecule has 5 nitrogen and oxygen atoms in total. The molecule has 26 heavy (non-hydrogen) atoms. The Labute approximate surface area is 148 Å². The van der Waals surface area contributed by atoms with E-state index in [1.807, 2.05) is 0 Å². The molecule has 1 amide bonds. The number of halogens is 3. The summed E-state index contributed by atoms with van der Waals surface area (Å²) in [6.45, 7) is 1.97. The van der Waals surface area contributed by atoms with E-state index in [0.717, 1.165) is 37.1 Å². The number of carbonyl (C=O) groups excluding carboxylic acids is 1. The van der Waals surface area contributed by atoms with Crippen LogP contribution in [-0.2, 0) is 15.7 Å². The Bertz CT molecular complexity index is 693. The Morgan fingerprint density at radius 2 is 1.77 bits per heavy atom. The lowest BCUT2D eigenvalue weighted by Crippen LogP contribution is -2.55. The van der Waals surface area contributed by atoms with Crippen LogP contribution in [0.25, 0.3) is 0 Å². The van der Waals surface area contributed by atoms with Crippen LogP contribution >= 0.6 is 0 Å². The minimum Gasteiger partial charge on any atom is -0.480 e. The number of carboxylic acid groups (broad SMARTS) is 1. The molecule has 2 fully saturated rings. The molecule has 1 spiro atoms. The minimum absolute atomic E-state index is 0.0211. The van der Waals surface area contributed by atoms with Gasteiger partial charge in [0.25, 0.3) is 5.91 Å². The van der Waals surface area contributed by atoms with Gasteiger partial charge in [-0.25, -0.2) is 4.79 Å². The Morgan fingerprint density at radius 1 is 1.19 bits per heavy atom. The van der Waals surface area contributed by atoms with Gasteiger partial charge in [-0.3, -0.25) is 9.69 Å². The third-order valence-corrected chi connectivity index (χ3v) is 5.28. The summed E-state index contributed by atoms with van der Waals surface area (Å²) in [5.41, 5.74) is -1.83. The molecule has 1 heterocycles. The van der Waals surface area contributed by atoms with Gasteiger partial charge in [-0.2, -0.15) is 13.2 Å². The van der Waals surface area contributed by atoms with Gasteiger partial charge in [0, 0.05) is 5.56 Å². The smallest absolute Gasteiger partial charge is 0.416 e. The van der Waals surface area contributed by atoms with Crippen molar-refractivity contribution in [1.82, 2.24) is 4.90 Å². The summed E-state index contributed by atoms with van der Waals surface area (Å²) in [5.74, 6) is -1.34. The molecule has 1 atom stereocenters. The molecule has 2 aliphatic rings. The molecule has 1 saturated carbocycles. The molecule has 0 radical (unpaired) electrons. The number of ether oxygens (including phenoxy) is 1. The Balaban J connectivity index is 1.91. The third-order valence-electron chi connectivity index (χ3n) is 5.28. The highest BCUT2D eigenvalue weighted by molar-refractivity contribution is 5.97. The summed E-state index contributed by atoms with van der Waals surface area (Å²) in [6, 6.07) is 2.69. The number of carbonyl (C=O) groups is 2. The second kappa shape index (κ2) is 6.57. The van der Waals surface area contributed by atoms with Crippen LogP contribution in [0, 0.1) is 5.92 Å². The molecular weight excluding hydrogens is 351 g/mol. The first kappa shape index (κ1) is 18.7. The largest absolute Gasteiger partial charge is 0.480 e. The minimum atomic E-state index is -4.50. The second-order valence-electron chi connectivity index (χ2n) is 7.04. The van der Waals surface area contributed by atoms with Gasteiger partial charge >= 0.3 is 12.1 Å². The van der Waals surface area contributed by atoms with E-state index in [1.165, 1.54) is 4.90 Å². The highest BCUT2D eigenvalue weighted by Crippen LogP contribution is 2.43. The lowest BCUT2D eigenvalue weighted by atomic mass is 9.83. The molecule has 1 aliphatic heterocycles. The van der Waals surface area contributed by atoms with E-state index in [2.05, 4.69) is 6.92 Å². The van der Waals surface area contributed by atoms with Gasteiger partial charge in [0.15, 0.2) is 6.04 Å². The lowest BCUT2D eigenvalue weighted by Gasteiger charge is -2.42. The zero-order valence-corrected chi connectivity index (χ0v) is 14.3. The molecular formula is C18H20F3NO4. The Kier molecular flexibility index (Phi) is 4.72. The maximum atomic E-state index is 13.0. The van der Waals surface area contributed by atoms with Crippen molar-refractivity contribution in [2.24, 2.45) is 5.92 Å². The van der Waals surface area contributed by atoms with Crippen molar-refractivity contribution in [3.8, 4) is 0 Å². The Morgan fingerprint density at radius 3 is 2.27 bits per heavy atom. The predicted octanol–water partition coefficient (Wildman–Crippen LogP) is 3.54. The number of alkyl halides is 3. The normalized spacial score (nSPS) is 29.2. The topological polar surface area (TPSA) is 66.8 Å². The molecule has 8 heteroatoms. The van der Waals surface area contributed by atoms with Crippen LogP contribution in [-0.4, -0.2) is 40.3 Å². The standard InChI is InChI=1S/C18H20F3NO4/c1-11-6-8-17(9-7-11)22(14(10-26-17)16(24)25)15(23)12-2-4-13(5-3-12)18(19,20)21/h2-5,11,14H,6-10H2,1H3,(H,24,25)/t11?,14-,17?/m1/s1. The number of hydrogen-bond donors (Lipinski definition) is 1. The maximum absolute atomic E-state index is 13.0. The van der Waals surface area contributed by atoms with Crippen LogP contribution in [0.1, 0.15) is 48.5 Å². The maximum Gasteiger partial charge on any atom is 0.416 e. The molecule has 3 rings (SSSR count). The van der Waals surface area contributed by atoms with Crippen LogP contribution < -0.4 is 0 Å². The molecule has 1 aliphatic carbocycles. The first-order valence-electron chi connectivity index (χ1n) is 8.52. The monoisotopic (exact) mass is 371 g/mol. The summed E-state index contributed by atoms with van der Waals surface area (Å²) < 4.78 is 43.9. The third kappa shape index (κ3) is 3.30. The van der Waals surface area contributed by atoms with Crippen molar-refractivity contribution in [3.05, 3.63) is 35.4 Å². The second-order valence-corrected chi connectivity index (χ2v) is 7.04. The van der Waals surface area contributed by atoms with Crippen molar-refractivity contribution < 1.29 is 32.6 Å². The number of carboxylic acids is 1. The number of hydrogen-bond acceptors (Lipinski definition) is 3. The van der Waals surface area contributed by atoms with Crippen molar-refractivity contribution in [1.29, 1.82) is 0 Å². The van der Waals surface area contributed by atoms with Crippen LogP contribution in [0.15, 0.2) is 24.3 Å². The number of amides is 1. The van der Waals surface area contributed by atoms with Crippen molar-refractivity contribution in [2.75, 3.05) is 6.61 Å². The molecule has 0 unspecified atom stereocenters. The van der Waals surface area contributed by atoms with Crippen LogP contribution in [0.4, 0.5) is 13.2 Å². The van der Waals surface area contributed by atoms with Crippen LogP contribution in [0.2, 0.25) is 0 Å². The molecule has 0 bridgehead atoms. The Hall–Kier alpha value is -2.09. The van der Waals surface area contributed by atoms with Gasteiger partial charge in [0.1, 0.15) is 5.72 Å². The first-order valence-corrected chi connectivity index (χ1v) is 8.52. The summed E-state index contributed by atoms with van der Waals surface area (Å²) in [6.07, 6.45) is -1.87. The first-order chi connectivity index (χ1) is 12.1. The number of rotatable bonds is 2. The van der Waals surface area contributed by atoms with Gasteiger partial charge in [0.05, 0.1) is 12.2 Å². The fourth-order valence-electron chi connectivity index (χ4n) is 3.71. The van der Waals surface area contributed by atoms with E-state index < -0.39 is 35.4 Å². The van der Waals surface area contributed by atoms with Gasteiger partial charge in [-0.05, 0) is 55.9 Å². The van der Waals surface area contributed by atoms with E-state index in [-0.39, 0.29) is 12.2 Å². The zero-order valence-electron chi connectivity index (χ0n) is 14.3. The SMILES string of the molecule is CC1CCC2(CC1)OC[C@H](C(=O)O)N2C(=O)c1ccc(C(F)(F)F)cc1. The summed E-state index contributed by atoms with van der Waals surface area (Å²) in [5, 5.41) is 9.47. The quantitative estimate of drug-likeness (QED) is 0.864. The van der Waals surface area contributed by atoms with Gasteiger partial charge in [-0.1, -0.05) is 6.92 Å².